The van der Waals surface area contributed by atoms with Crippen molar-refractivity contribution in [2.45, 2.75) is 17.2 Å². The standard InChI is InChI=1S/C14H12Cl2FNO2S/c15-12-3-2-11(6-13(12)16)21(19,20)8-9-1-4-14(17)10(5-9)7-18/h1-6H,7-8,18H2. The first kappa shape index (κ1) is 16.2. The van der Waals surface area contributed by atoms with Crippen LogP contribution in [-0.4, -0.2) is 8.42 Å². The van der Waals surface area contributed by atoms with E-state index in [0.29, 0.717) is 5.56 Å². The highest BCUT2D eigenvalue weighted by Crippen LogP contribution is 2.26. The Morgan fingerprint density at radius 2 is 1.76 bits per heavy atom. The molecular weight excluding hydrogens is 336 g/mol. The number of benzene rings is 2. The molecule has 2 aromatic rings. The lowest BCUT2D eigenvalue weighted by atomic mass is 10.1. The number of hydrogen-bond donors (Lipinski definition) is 1. The van der Waals surface area contributed by atoms with E-state index in [1.54, 1.807) is 0 Å². The summed E-state index contributed by atoms with van der Waals surface area (Å²) in [6, 6.07) is 8.19. The molecule has 112 valence electrons. The second kappa shape index (κ2) is 6.32. The summed E-state index contributed by atoms with van der Waals surface area (Å²) in [5.74, 6) is -0.716. The Hall–Kier alpha value is -1.14. The first-order valence-corrected chi connectivity index (χ1v) is 8.39. The largest absolute Gasteiger partial charge is 0.326 e. The van der Waals surface area contributed by atoms with Gasteiger partial charge >= 0.3 is 0 Å². The minimum atomic E-state index is -3.60. The second-order valence-corrected chi connectivity index (χ2v) is 7.27. The molecule has 0 spiro atoms. The van der Waals surface area contributed by atoms with E-state index in [2.05, 4.69) is 0 Å². The van der Waals surface area contributed by atoms with Gasteiger partial charge in [-0.15, -0.1) is 0 Å². The maximum atomic E-state index is 13.4. The van der Waals surface area contributed by atoms with Crippen LogP contribution in [0.1, 0.15) is 11.1 Å². The van der Waals surface area contributed by atoms with Crippen molar-refractivity contribution in [3.63, 3.8) is 0 Å². The van der Waals surface area contributed by atoms with Gasteiger partial charge in [-0.1, -0.05) is 35.3 Å². The molecule has 0 bridgehead atoms. The molecule has 0 atom stereocenters. The van der Waals surface area contributed by atoms with Gasteiger partial charge in [-0.2, -0.15) is 0 Å². The molecule has 2 N–H and O–H groups in total. The number of nitrogens with two attached hydrogens (primary N) is 1. The zero-order chi connectivity index (χ0) is 15.6. The van der Waals surface area contributed by atoms with E-state index in [9.17, 15) is 12.8 Å². The summed E-state index contributed by atoms with van der Waals surface area (Å²) >= 11 is 11.6. The highest BCUT2D eigenvalue weighted by Gasteiger charge is 2.17. The van der Waals surface area contributed by atoms with Crippen LogP contribution < -0.4 is 5.73 Å². The molecule has 0 unspecified atom stereocenters. The van der Waals surface area contributed by atoms with Crippen molar-refractivity contribution in [3.05, 3.63) is 63.4 Å². The molecule has 0 fully saturated rings. The molecule has 0 radical (unpaired) electrons. The number of halogens is 3. The van der Waals surface area contributed by atoms with Crippen LogP contribution in [0.15, 0.2) is 41.3 Å². The maximum absolute atomic E-state index is 13.4. The smallest absolute Gasteiger partial charge is 0.182 e. The van der Waals surface area contributed by atoms with Gasteiger partial charge in [0.25, 0.3) is 0 Å². The predicted molar refractivity (Wildman–Crippen MR) is 81.6 cm³/mol. The molecule has 3 nitrogen and oxygen atoms in total. The quantitative estimate of drug-likeness (QED) is 0.919. The predicted octanol–water partition coefficient (Wildman–Crippen LogP) is 3.57. The molecule has 0 aliphatic carbocycles. The van der Waals surface area contributed by atoms with Crippen LogP contribution in [0.4, 0.5) is 4.39 Å². The average Bonchev–Trinajstić information content (AvgIpc) is 2.43. The highest BCUT2D eigenvalue weighted by molar-refractivity contribution is 7.90. The van der Waals surface area contributed by atoms with Crippen molar-refractivity contribution in [2.24, 2.45) is 5.73 Å². The lowest BCUT2D eigenvalue weighted by molar-refractivity contribution is 0.594. The first-order chi connectivity index (χ1) is 9.83. The summed E-state index contributed by atoms with van der Waals surface area (Å²) in [6.07, 6.45) is 0. The van der Waals surface area contributed by atoms with E-state index >= 15 is 0 Å². The Labute approximate surface area is 132 Å². The Kier molecular flexibility index (Phi) is 4.88. The van der Waals surface area contributed by atoms with Gasteiger partial charge in [0.1, 0.15) is 5.82 Å². The molecule has 0 saturated heterocycles. The fourth-order valence-corrected chi connectivity index (χ4v) is 3.57. The van der Waals surface area contributed by atoms with Gasteiger partial charge in [0.05, 0.1) is 20.7 Å². The number of hydrogen-bond acceptors (Lipinski definition) is 3. The lowest BCUT2D eigenvalue weighted by Gasteiger charge is -2.08. The third kappa shape index (κ3) is 3.74. The Morgan fingerprint density at radius 3 is 2.38 bits per heavy atom. The van der Waals surface area contributed by atoms with Crippen molar-refractivity contribution in [2.75, 3.05) is 0 Å². The summed E-state index contributed by atoms with van der Waals surface area (Å²) in [4.78, 5) is 0.0653. The minimum Gasteiger partial charge on any atom is -0.326 e. The summed E-state index contributed by atoms with van der Waals surface area (Å²) < 4.78 is 38.0. The highest BCUT2D eigenvalue weighted by atomic mass is 35.5. The van der Waals surface area contributed by atoms with Crippen LogP contribution in [0.2, 0.25) is 10.0 Å². The Balaban J connectivity index is 2.35. The van der Waals surface area contributed by atoms with Crippen molar-refractivity contribution < 1.29 is 12.8 Å². The van der Waals surface area contributed by atoms with E-state index in [4.69, 9.17) is 28.9 Å². The van der Waals surface area contributed by atoms with Crippen molar-refractivity contribution >= 4 is 33.0 Å². The van der Waals surface area contributed by atoms with Crippen LogP contribution in [0.25, 0.3) is 0 Å². The average molecular weight is 348 g/mol. The van der Waals surface area contributed by atoms with Crippen molar-refractivity contribution in [1.82, 2.24) is 0 Å². The van der Waals surface area contributed by atoms with Gasteiger partial charge in [0.2, 0.25) is 0 Å². The molecule has 21 heavy (non-hydrogen) atoms. The van der Waals surface area contributed by atoms with Crippen molar-refractivity contribution in [3.8, 4) is 0 Å². The van der Waals surface area contributed by atoms with Gasteiger partial charge in [0, 0.05) is 12.1 Å². The summed E-state index contributed by atoms with van der Waals surface area (Å²) in [5, 5.41) is 0.447. The van der Waals surface area contributed by atoms with E-state index in [1.807, 2.05) is 0 Å². The van der Waals surface area contributed by atoms with E-state index in [1.165, 1.54) is 36.4 Å². The molecule has 0 saturated carbocycles. The fraction of sp³-hybridized carbons (Fsp3) is 0.143. The van der Waals surface area contributed by atoms with Crippen LogP contribution in [0, 0.1) is 5.82 Å². The SMILES string of the molecule is NCc1cc(CS(=O)(=O)c2ccc(Cl)c(Cl)c2)ccc1F. The third-order valence-corrected chi connectivity index (χ3v) is 5.36. The summed E-state index contributed by atoms with van der Waals surface area (Å²) in [7, 11) is -3.60. The molecule has 0 aliphatic heterocycles. The summed E-state index contributed by atoms with van der Waals surface area (Å²) in [5.41, 5.74) is 6.15. The van der Waals surface area contributed by atoms with E-state index in [-0.39, 0.29) is 32.8 Å². The third-order valence-electron chi connectivity index (χ3n) is 2.94. The molecule has 2 aromatic carbocycles. The van der Waals surface area contributed by atoms with Gasteiger partial charge in [-0.25, -0.2) is 12.8 Å². The van der Waals surface area contributed by atoms with Crippen LogP contribution in [0.3, 0.4) is 0 Å². The van der Waals surface area contributed by atoms with Crippen molar-refractivity contribution in [1.29, 1.82) is 0 Å². The first-order valence-electron chi connectivity index (χ1n) is 5.98. The zero-order valence-electron chi connectivity index (χ0n) is 10.8. The monoisotopic (exact) mass is 347 g/mol. The number of rotatable bonds is 4. The van der Waals surface area contributed by atoms with Crippen LogP contribution >= 0.6 is 23.2 Å². The molecule has 0 aliphatic rings. The summed E-state index contributed by atoms with van der Waals surface area (Å²) in [6.45, 7) is 0.00644. The van der Waals surface area contributed by atoms with E-state index < -0.39 is 15.7 Å². The topological polar surface area (TPSA) is 60.2 Å². The molecule has 2 rings (SSSR count). The maximum Gasteiger partial charge on any atom is 0.182 e. The molecule has 7 heteroatoms. The van der Waals surface area contributed by atoms with Crippen LogP contribution in [0.5, 0.6) is 0 Å². The van der Waals surface area contributed by atoms with Gasteiger partial charge in [0.15, 0.2) is 9.84 Å². The van der Waals surface area contributed by atoms with Gasteiger partial charge in [-0.3, -0.25) is 0 Å². The second-order valence-electron chi connectivity index (χ2n) is 4.46. The fourth-order valence-electron chi connectivity index (χ4n) is 1.85. The number of sulfone groups is 1. The Morgan fingerprint density at radius 1 is 1.05 bits per heavy atom. The minimum absolute atomic E-state index is 0.00644. The zero-order valence-corrected chi connectivity index (χ0v) is 13.1. The van der Waals surface area contributed by atoms with Gasteiger partial charge < -0.3 is 5.73 Å². The van der Waals surface area contributed by atoms with E-state index in [0.717, 1.165) is 0 Å². The van der Waals surface area contributed by atoms with Crippen LogP contribution in [-0.2, 0) is 22.1 Å². The molecule has 0 aromatic heterocycles. The molecule has 0 heterocycles. The normalized spacial score (nSPS) is 11.6. The van der Waals surface area contributed by atoms with Gasteiger partial charge in [-0.05, 0) is 29.8 Å². The molecule has 0 amide bonds. The lowest BCUT2D eigenvalue weighted by Crippen LogP contribution is -2.07. The Bertz CT molecular complexity index is 779. The molecular formula is C14H12Cl2FNO2S.